The SMILES string of the molecule is CCOc1cc(CCCNC(=O)c2cnn(C)c2)ccc1OC. The molecular weight excluding hydrogens is 294 g/mol. The van der Waals surface area contributed by atoms with Gasteiger partial charge in [-0.25, -0.2) is 0 Å². The lowest BCUT2D eigenvalue weighted by Crippen LogP contribution is -2.24. The van der Waals surface area contributed by atoms with Crippen molar-refractivity contribution in [2.24, 2.45) is 7.05 Å². The summed E-state index contributed by atoms with van der Waals surface area (Å²) >= 11 is 0. The molecule has 1 aromatic heterocycles. The Morgan fingerprint density at radius 1 is 1.35 bits per heavy atom. The molecule has 0 saturated heterocycles. The summed E-state index contributed by atoms with van der Waals surface area (Å²) in [6.45, 7) is 3.16. The second-order valence-corrected chi connectivity index (χ2v) is 5.18. The van der Waals surface area contributed by atoms with Crippen LogP contribution in [0.25, 0.3) is 0 Å². The molecule has 0 saturated carbocycles. The molecule has 0 bridgehead atoms. The van der Waals surface area contributed by atoms with E-state index in [9.17, 15) is 4.79 Å². The molecule has 0 unspecified atom stereocenters. The molecule has 1 heterocycles. The summed E-state index contributed by atoms with van der Waals surface area (Å²) in [6.07, 6.45) is 4.97. The average Bonchev–Trinajstić information content (AvgIpc) is 2.98. The van der Waals surface area contributed by atoms with Gasteiger partial charge < -0.3 is 14.8 Å². The van der Waals surface area contributed by atoms with Gasteiger partial charge in [-0.2, -0.15) is 5.10 Å². The predicted octanol–water partition coefficient (Wildman–Crippen LogP) is 2.19. The van der Waals surface area contributed by atoms with E-state index in [1.807, 2.05) is 25.1 Å². The van der Waals surface area contributed by atoms with Crippen molar-refractivity contribution in [3.8, 4) is 11.5 Å². The van der Waals surface area contributed by atoms with Crippen LogP contribution in [-0.2, 0) is 13.5 Å². The van der Waals surface area contributed by atoms with Gasteiger partial charge in [-0.05, 0) is 37.5 Å². The third kappa shape index (κ3) is 4.74. The summed E-state index contributed by atoms with van der Waals surface area (Å²) in [4.78, 5) is 11.9. The number of benzene rings is 1. The molecule has 0 atom stereocenters. The molecule has 0 aliphatic carbocycles. The third-order valence-corrected chi connectivity index (χ3v) is 3.42. The summed E-state index contributed by atoms with van der Waals surface area (Å²) in [5.74, 6) is 1.40. The number of aryl methyl sites for hydroxylation is 2. The van der Waals surface area contributed by atoms with Gasteiger partial charge in [0.05, 0.1) is 25.5 Å². The van der Waals surface area contributed by atoms with Gasteiger partial charge in [0, 0.05) is 19.8 Å². The van der Waals surface area contributed by atoms with Crippen LogP contribution in [0.5, 0.6) is 11.5 Å². The topological polar surface area (TPSA) is 65.4 Å². The van der Waals surface area contributed by atoms with Crippen LogP contribution in [0.3, 0.4) is 0 Å². The number of methoxy groups -OCH3 is 1. The molecule has 6 heteroatoms. The molecule has 124 valence electrons. The highest BCUT2D eigenvalue weighted by molar-refractivity contribution is 5.93. The summed E-state index contributed by atoms with van der Waals surface area (Å²) in [5, 5.41) is 6.88. The number of nitrogens with one attached hydrogen (secondary N) is 1. The minimum absolute atomic E-state index is 0.0946. The zero-order valence-electron chi connectivity index (χ0n) is 13.8. The van der Waals surface area contributed by atoms with Crippen LogP contribution >= 0.6 is 0 Å². The summed E-state index contributed by atoms with van der Waals surface area (Å²) in [7, 11) is 3.42. The molecule has 1 amide bonds. The van der Waals surface area contributed by atoms with E-state index >= 15 is 0 Å². The van der Waals surface area contributed by atoms with Gasteiger partial charge in [-0.3, -0.25) is 9.48 Å². The first-order chi connectivity index (χ1) is 11.1. The molecule has 0 aliphatic rings. The standard InChI is InChI=1S/C17H23N3O3/c1-4-23-16-10-13(7-8-15(16)22-3)6-5-9-18-17(21)14-11-19-20(2)12-14/h7-8,10-12H,4-6,9H2,1-3H3,(H,18,21). The number of hydrogen-bond donors (Lipinski definition) is 1. The van der Waals surface area contributed by atoms with Crippen molar-refractivity contribution < 1.29 is 14.3 Å². The first kappa shape index (κ1) is 16.9. The zero-order valence-corrected chi connectivity index (χ0v) is 13.8. The molecule has 1 aromatic carbocycles. The van der Waals surface area contributed by atoms with Crippen LogP contribution in [0.1, 0.15) is 29.3 Å². The van der Waals surface area contributed by atoms with Gasteiger partial charge >= 0.3 is 0 Å². The third-order valence-electron chi connectivity index (χ3n) is 3.42. The smallest absolute Gasteiger partial charge is 0.254 e. The maximum atomic E-state index is 11.9. The van der Waals surface area contributed by atoms with Crippen molar-refractivity contribution in [3.05, 3.63) is 41.7 Å². The first-order valence-corrected chi connectivity index (χ1v) is 7.70. The van der Waals surface area contributed by atoms with E-state index in [2.05, 4.69) is 10.4 Å². The Labute approximate surface area is 136 Å². The molecule has 0 aliphatic heterocycles. The van der Waals surface area contributed by atoms with E-state index < -0.39 is 0 Å². The van der Waals surface area contributed by atoms with Gasteiger partial charge in [0.2, 0.25) is 0 Å². The number of rotatable bonds is 8. The lowest BCUT2D eigenvalue weighted by Gasteiger charge is -2.11. The molecule has 1 N–H and O–H groups in total. The largest absolute Gasteiger partial charge is 0.493 e. The Hall–Kier alpha value is -2.50. The van der Waals surface area contributed by atoms with Gasteiger partial charge in [-0.1, -0.05) is 6.07 Å². The number of amides is 1. The number of nitrogens with zero attached hydrogens (tertiary/aromatic N) is 2. The lowest BCUT2D eigenvalue weighted by molar-refractivity contribution is 0.0953. The summed E-state index contributed by atoms with van der Waals surface area (Å²) in [6, 6.07) is 5.92. The van der Waals surface area contributed by atoms with Crippen molar-refractivity contribution in [1.29, 1.82) is 0 Å². The van der Waals surface area contributed by atoms with Crippen molar-refractivity contribution in [2.45, 2.75) is 19.8 Å². The Morgan fingerprint density at radius 2 is 2.17 bits per heavy atom. The molecule has 0 radical (unpaired) electrons. The molecule has 2 rings (SSSR count). The fraction of sp³-hybridized carbons (Fsp3) is 0.412. The summed E-state index contributed by atoms with van der Waals surface area (Å²) in [5.41, 5.74) is 1.74. The lowest BCUT2D eigenvalue weighted by atomic mass is 10.1. The number of carbonyl (C=O) groups is 1. The van der Waals surface area contributed by atoms with Crippen LogP contribution in [-0.4, -0.2) is 35.9 Å². The fourth-order valence-corrected chi connectivity index (χ4v) is 2.28. The number of aromatic nitrogens is 2. The molecule has 6 nitrogen and oxygen atoms in total. The van der Waals surface area contributed by atoms with E-state index in [0.717, 1.165) is 29.9 Å². The van der Waals surface area contributed by atoms with Gasteiger partial charge in [-0.15, -0.1) is 0 Å². The van der Waals surface area contributed by atoms with Crippen molar-refractivity contribution >= 4 is 5.91 Å². The second kappa shape index (κ2) is 8.22. The highest BCUT2D eigenvalue weighted by Gasteiger charge is 2.08. The van der Waals surface area contributed by atoms with Crippen molar-refractivity contribution in [1.82, 2.24) is 15.1 Å². The molecule has 2 aromatic rings. The first-order valence-electron chi connectivity index (χ1n) is 7.70. The fourth-order valence-electron chi connectivity index (χ4n) is 2.28. The van der Waals surface area contributed by atoms with E-state index in [1.165, 1.54) is 0 Å². The van der Waals surface area contributed by atoms with Gasteiger partial charge in [0.25, 0.3) is 5.91 Å². The monoisotopic (exact) mass is 317 g/mol. The number of hydrogen-bond acceptors (Lipinski definition) is 4. The highest BCUT2D eigenvalue weighted by Crippen LogP contribution is 2.28. The Morgan fingerprint density at radius 3 is 2.83 bits per heavy atom. The highest BCUT2D eigenvalue weighted by atomic mass is 16.5. The average molecular weight is 317 g/mol. The number of ether oxygens (including phenoxy) is 2. The Kier molecular flexibility index (Phi) is 6.02. The van der Waals surface area contributed by atoms with Crippen molar-refractivity contribution in [3.63, 3.8) is 0 Å². The van der Waals surface area contributed by atoms with E-state index in [0.29, 0.717) is 18.7 Å². The number of carbonyl (C=O) groups excluding carboxylic acids is 1. The summed E-state index contributed by atoms with van der Waals surface area (Å²) < 4.78 is 12.5. The molecule has 0 fully saturated rings. The van der Waals surface area contributed by atoms with Gasteiger partial charge in [0.15, 0.2) is 11.5 Å². The van der Waals surface area contributed by atoms with E-state index in [1.54, 1.807) is 31.2 Å². The normalized spacial score (nSPS) is 10.4. The zero-order chi connectivity index (χ0) is 16.7. The van der Waals surface area contributed by atoms with Gasteiger partial charge in [0.1, 0.15) is 0 Å². The van der Waals surface area contributed by atoms with Crippen LogP contribution in [0.2, 0.25) is 0 Å². The van der Waals surface area contributed by atoms with Crippen molar-refractivity contribution in [2.75, 3.05) is 20.3 Å². The minimum atomic E-state index is -0.0946. The van der Waals surface area contributed by atoms with Crippen LogP contribution in [0.4, 0.5) is 0 Å². The van der Waals surface area contributed by atoms with E-state index in [4.69, 9.17) is 9.47 Å². The Balaban J connectivity index is 1.82. The molecular formula is C17H23N3O3. The molecule has 0 spiro atoms. The van der Waals surface area contributed by atoms with E-state index in [-0.39, 0.29) is 5.91 Å². The quantitative estimate of drug-likeness (QED) is 0.758. The predicted molar refractivity (Wildman–Crippen MR) is 88.0 cm³/mol. The maximum absolute atomic E-state index is 11.9. The second-order valence-electron chi connectivity index (χ2n) is 5.18. The Bertz CT molecular complexity index is 652. The van der Waals surface area contributed by atoms with Crippen LogP contribution < -0.4 is 14.8 Å². The maximum Gasteiger partial charge on any atom is 0.254 e. The van der Waals surface area contributed by atoms with Crippen LogP contribution in [0, 0.1) is 0 Å². The molecule has 23 heavy (non-hydrogen) atoms. The van der Waals surface area contributed by atoms with Crippen LogP contribution in [0.15, 0.2) is 30.6 Å². The minimum Gasteiger partial charge on any atom is -0.493 e.